The number of hydrogen-bond donors (Lipinski definition) is 1. The van der Waals surface area contributed by atoms with E-state index in [1.54, 1.807) is 13.2 Å². The third kappa shape index (κ3) is 5.17. The van der Waals surface area contributed by atoms with Crippen LogP contribution in [0, 0.1) is 5.92 Å². The number of nitrogens with one attached hydrogen (secondary N) is 1. The van der Waals surface area contributed by atoms with Crippen LogP contribution in [0.25, 0.3) is 0 Å². The molecule has 0 radical (unpaired) electrons. The summed E-state index contributed by atoms with van der Waals surface area (Å²) >= 11 is 0. The summed E-state index contributed by atoms with van der Waals surface area (Å²) in [4.78, 5) is 27.2. The van der Waals surface area contributed by atoms with Gasteiger partial charge in [-0.2, -0.15) is 0 Å². The maximum Gasteiger partial charge on any atom is 0.253 e. The van der Waals surface area contributed by atoms with Crippen LogP contribution in [0.2, 0.25) is 0 Å². The fraction of sp³-hybridized carbons (Fsp3) is 0.417. The molecule has 5 heteroatoms. The molecule has 0 aromatic heterocycles. The van der Waals surface area contributed by atoms with Crippen LogP contribution >= 0.6 is 0 Å². The van der Waals surface area contributed by atoms with Crippen LogP contribution in [0.1, 0.15) is 49.5 Å². The first-order chi connectivity index (χ1) is 13.8. The molecule has 5 nitrogen and oxygen atoms in total. The minimum absolute atomic E-state index is 0.000109. The van der Waals surface area contributed by atoms with E-state index in [9.17, 15) is 9.59 Å². The van der Waals surface area contributed by atoms with E-state index < -0.39 is 0 Å². The molecule has 1 aliphatic rings. The molecule has 154 valence electrons. The van der Waals surface area contributed by atoms with E-state index in [1.165, 1.54) is 5.56 Å². The van der Waals surface area contributed by atoms with Gasteiger partial charge < -0.3 is 15.0 Å². The van der Waals surface area contributed by atoms with Gasteiger partial charge in [0.1, 0.15) is 5.75 Å². The number of carbonyl (C=O) groups excluding carboxylic acids is 2. The Hall–Kier alpha value is -2.82. The van der Waals surface area contributed by atoms with Crippen LogP contribution in [0.15, 0.2) is 48.5 Å². The Morgan fingerprint density at radius 1 is 1.03 bits per heavy atom. The molecule has 1 heterocycles. The van der Waals surface area contributed by atoms with Gasteiger partial charge >= 0.3 is 0 Å². The zero-order valence-corrected chi connectivity index (χ0v) is 17.7. The van der Waals surface area contributed by atoms with Crippen molar-refractivity contribution in [2.75, 3.05) is 25.5 Å². The number of methoxy groups -OCH3 is 1. The molecule has 1 fully saturated rings. The predicted octanol–water partition coefficient (Wildman–Crippen LogP) is 4.48. The monoisotopic (exact) mass is 394 g/mol. The fourth-order valence-electron chi connectivity index (χ4n) is 3.59. The Morgan fingerprint density at radius 2 is 1.69 bits per heavy atom. The molecule has 0 bridgehead atoms. The third-order valence-corrected chi connectivity index (χ3v) is 5.49. The fourth-order valence-corrected chi connectivity index (χ4v) is 3.59. The van der Waals surface area contributed by atoms with E-state index in [-0.39, 0.29) is 23.1 Å². The van der Waals surface area contributed by atoms with Crippen molar-refractivity contribution in [1.29, 1.82) is 0 Å². The van der Waals surface area contributed by atoms with Crippen molar-refractivity contribution in [3.63, 3.8) is 0 Å². The molecule has 2 amide bonds. The van der Waals surface area contributed by atoms with Crippen LogP contribution in [-0.2, 0) is 10.2 Å². The Kier molecular flexibility index (Phi) is 6.26. The van der Waals surface area contributed by atoms with Crippen molar-refractivity contribution in [2.45, 2.75) is 39.0 Å². The molecule has 3 rings (SSSR count). The van der Waals surface area contributed by atoms with E-state index in [0.29, 0.717) is 37.2 Å². The summed E-state index contributed by atoms with van der Waals surface area (Å²) in [5, 5.41) is 2.96. The van der Waals surface area contributed by atoms with Crippen molar-refractivity contribution >= 4 is 17.5 Å². The smallest absolute Gasteiger partial charge is 0.253 e. The number of rotatable bonds is 4. The molecule has 1 saturated heterocycles. The normalized spacial score (nSPS) is 15.1. The molecule has 0 aliphatic carbocycles. The molecule has 0 spiro atoms. The zero-order valence-electron chi connectivity index (χ0n) is 17.7. The first-order valence-electron chi connectivity index (χ1n) is 10.1. The van der Waals surface area contributed by atoms with Gasteiger partial charge in [0.25, 0.3) is 5.91 Å². The second kappa shape index (κ2) is 8.68. The number of piperidine rings is 1. The molecule has 2 aromatic rings. The summed E-state index contributed by atoms with van der Waals surface area (Å²) in [7, 11) is 1.60. The van der Waals surface area contributed by atoms with Crippen molar-refractivity contribution in [3.8, 4) is 5.75 Å². The standard InChI is InChI=1S/C24H30N2O3/c1-24(2,3)19-10-8-18(9-11-19)23(28)26-14-12-17(13-15-26)22(27)25-20-6-5-7-21(16-20)29-4/h5-11,16-17H,12-15H2,1-4H3,(H,25,27). The second-order valence-electron chi connectivity index (χ2n) is 8.62. The van der Waals surface area contributed by atoms with Gasteiger partial charge in [-0.1, -0.05) is 39.0 Å². The van der Waals surface area contributed by atoms with Gasteiger partial charge in [-0.3, -0.25) is 9.59 Å². The Labute approximate surface area is 173 Å². The highest BCUT2D eigenvalue weighted by Gasteiger charge is 2.28. The third-order valence-electron chi connectivity index (χ3n) is 5.49. The number of amides is 2. The number of hydrogen-bond acceptors (Lipinski definition) is 3. The predicted molar refractivity (Wildman–Crippen MR) is 115 cm³/mol. The molecular weight excluding hydrogens is 364 g/mol. The highest BCUT2D eigenvalue weighted by molar-refractivity contribution is 5.95. The lowest BCUT2D eigenvalue weighted by Crippen LogP contribution is -2.41. The minimum atomic E-state index is -0.0893. The lowest BCUT2D eigenvalue weighted by atomic mass is 9.86. The van der Waals surface area contributed by atoms with E-state index >= 15 is 0 Å². The van der Waals surface area contributed by atoms with Crippen molar-refractivity contribution in [3.05, 3.63) is 59.7 Å². The summed E-state index contributed by atoms with van der Waals surface area (Å²) in [6.45, 7) is 7.66. The van der Waals surface area contributed by atoms with Crippen molar-refractivity contribution < 1.29 is 14.3 Å². The SMILES string of the molecule is COc1cccc(NC(=O)C2CCN(C(=O)c3ccc(C(C)(C)C)cc3)CC2)c1. The zero-order chi connectivity index (χ0) is 21.0. The van der Waals surface area contributed by atoms with Crippen LogP contribution in [0.5, 0.6) is 5.75 Å². The minimum Gasteiger partial charge on any atom is -0.497 e. The van der Waals surface area contributed by atoms with Gasteiger partial charge in [-0.25, -0.2) is 0 Å². The van der Waals surface area contributed by atoms with E-state index in [1.807, 2.05) is 47.4 Å². The first kappa shape index (κ1) is 20.9. The molecule has 1 aliphatic heterocycles. The van der Waals surface area contributed by atoms with Crippen LogP contribution in [0.3, 0.4) is 0 Å². The lowest BCUT2D eigenvalue weighted by molar-refractivity contribution is -0.121. The number of benzene rings is 2. The van der Waals surface area contributed by atoms with Crippen LogP contribution in [-0.4, -0.2) is 36.9 Å². The van der Waals surface area contributed by atoms with Gasteiger partial charge in [0.05, 0.1) is 7.11 Å². The number of nitrogens with zero attached hydrogens (tertiary/aromatic N) is 1. The summed E-state index contributed by atoms with van der Waals surface area (Å²) in [6.07, 6.45) is 1.34. The lowest BCUT2D eigenvalue weighted by Gasteiger charge is -2.31. The topological polar surface area (TPSA) is 58.6 Å². The molecule has 29 heavy (non-hydrogen) atoms. The van der Waals surface area contributed by atoms with Crippen LogP contribution in [0.4, 0.5) is 5.69 Å². The van der Waals surface area contributed by atoms with E-state index in [4.69, 9.17) is 4.74 Å². The number of ether oxygens (including phenoxy) is 1. The molecule has 0 saturated carbocycles. The largest absolute Gasteiger partial charge is 0.497 e. The molecule has 0 unspecified atom stereocenters. The quantitative estimate of drug-likeness (QED) is 0.832. The number of anilines is 1. The molecule has 0 atom stereocenters. The maximum absolute atomic E-state index is 12.8. The van der Waals surface area contributed by atoms with Gasteiger partial charge in [-0.15, -0.1) is 0 Å². The average molecular weight is 395 g/mol. The second-order valence-corrected chi connectivity index (χ2v) is 8.62. The number of likely N-dealkylation sites (tertiary alicyclic amines) is 1. The Morgan fingerprint density at radius 3 is 2.28 bits per heavy atom. The summed E-state index contributed by atoms with van der Waals surface area (Å²) in [5.74, 6) is 0.659. The summed E-state index contributed by atoms with van der Waals surface area (Å²) < 4.78 is 5.19. The van der Waals surface area contributed by atoms with Crippen molar-refractivity contribution in [2.24, 2.45) is 5.92 Å². The highest BCUT2D eigenvalue weighted by Crippen LogP contribution is 2.25. The Bertz CT molecular complexity index is 860. The summed E-state index contributed by atoms with van der Waals surface area (Å²) in [5.41, 5.74) is 2.71. The molecule has 2 aromatic carbocycles. The van der Waals surface area contributed by atoms with E-state index in [2.05, 4.69) is 26.1 Å². The average Bonchev–Trinajstić information content (AvgIpc) is 2.73. The first-order valence-corrected chi connectivity index (χ1v) is 10.1. The van der Waals surface area contributed by atoms with Gasteiger partial charge in [-0.05, 0) is 48.1 Å². The Balaban J connectivity index is 1.55. The highest BCUT2D eigenvalue weighted by atomic mass is 16.5. The van der Waals surface area contributed by atoms with Crippen LogP contribution < -0.4 is 10.1 Å². The maximum atomic E-state index is 12.8. The van der Waals surface area contributed by atoms with Gasteiger partial charge in [0, 0.05) is 36.3 Å². The van der Waals surface area contributed by atoms with Gasteiger partial charge in [0.15, 0.2) is 0 Å². The van der Waals surface area contributed by atoms with Crippen molar-refractivity contribution in [1.82, 2.24) is 4.90 Å². The number of carbonyl (C=O) groups is 2. The van der Waals surface area contributed by atoms with E-state index in [0.717, 1.165) is 5.69 Å². The van der Waals surface area contributed by atoms with Gasteiger partial charge in [0.2, 0.25) is 5.91 Å². The molecular formula is C24H30N2O3. The summed E-state index contributed by atoms with van der Waals surface area (Å²) in [6, 6.07) is 15.2. The molecule has 1 N–H and O–H groups in total.